The third-order valence-corrected chi connectivity index (χ3v) is 5.47. The topological polar surface area (TPSA) is 67.4 Å². The van der Waals surface area contributed by atoms with Gasteiger partial charge in [-0.25, -0.2) is 4.98 Å². The van der Waals surface area contributed by atoms with Gasteiger partial charge < -0.3 is 15.0 Å². The number of nitrogens with one attached hydrogen (secondary N) is 1. The van der Waals surface area contributed by atoms with E-state index in [-0.39, 0.29) is 12.0 Å². The van der Waals surface area contributed by atoms with E-state index in [1.807, 2.05) is 47.4 Å². The highest BCUT2D eigenvalue weighted by atomic mass is 35.5. The van der Waals surface area contributed by atoms with Gasteiger partial charge in [0.2, 0.25) is 0 Å². The van der Waals surface area contributed by atoms with Gasteiger partial charge in [0.05, 0.1) is 18.8 Å². The van der Waals surface area contributed by atoms with Crippen molar-refractivity contribution in [1.29, 1.82) is 0 Å². The first-order chi connectivity index (χ1) is 14.6. The summed E-state index contributed by atoms with van der Waals surface area (Å²) in [4.78, 5) is 23.7. The molecule has 0 radical (unpaired) electrons. The van der Waals surface area contributed by atoms with Crippen molar-refractivity contribution in [3.63, 3.8) is 0 Å². The van der Waals surface area contributed by atoms with Crippen LogP contribution < -0.4 is 5.32 Å². The van der Waals surface area contributed by atoms with E-state index in [0.29, 0.717) is 37.5 Å². The Kier molecular flexibility index (Phi) is 6.26. The van der Waals surface area contributed by atoms with Gasteiger partial charge >= 0.3 is 0 Å². The zero-order valence-corrected chi connectivity index (χ0v) is 17.5. The molecule has 30 heavy (non-hydrogen) atoms. The Balaban J connectivity index is 1.49. The molecule has 0 aliphatic carbocycles. The fourth-order valence-corrected chi connectivity index (χ4v) is 3.71. The van der Waals surface area contributed by atoms with Crippen LogP contribution in [0.15, 0.2) is 60.8 Å². The molecule has 7 heteroatoms. The van der Waals surface area contributed by atoms with E-state index in [9.17, 15) is 4.79 Å². The van der Waals surface area contributed by atoms with Crippen LogP contribution in [0.5, 0.6) is 0 Å². The number of morpholine rings is 1. The maximum atomic E-state index is 13.0. The van der Waals surface area contributed by atoms with Crippen molar-refractivity contribution in [3.05, 3.63) is 88.3 Å². The number of ether oxygens (including phenoxy) is 1. The molecular formula is C23H23ClN4O2. The van der Waals surface area contributed by atoms with Gasteiger partial charge in [-0.3, -0.25) is 9.78 Å². The average molecular weight is 423 g/mol. The summed E-state index contributed by atoms with van der Waals surface area (Å²) >= 11 is 6.29. The number of carbonyl (C=O) groups is 1. The molecule has 3 aromatic rings. The third-order valence-electron chi connectivity index (χ3n) is 5.10. The summed E-state index contributed by atoms with van der Waals surface area (Å²) in [5, 5.41) is 3.69. The number of halogens is 1. The second kappa shape index (κ2) is 9.24. The van der Waals surface area contributed by atoms with Crippen molar-refractivity contribution in [2.24, 2.45) is 0 Å². The predicted molar refractivity (Wildman–Crippen MR) is 117 cm³/mol. The van der Waals surface area contributed by atoms with E-state index in [4.69, 9.17) is 21.3 Å². The molecule has 154 valence electrons. The van der Waals surface area contributed by atoms with E-state index in [1.54, 1.807) is 25.4 Å². The number of hydrogen-bond acceptors (Lipinski definition) is 5. The van der Waals surface area contributed by atoms with E-state index in [0.717, 1.165) is 22.0 Å². The minimum absolute atomic E-state index is 0.0329. The molecular weight excluding hydrogens is 400 g/mol. The molecule has 1 N–H and O–H groups in total. The lowest BCUT2D eigenvalue weighted by Gasteiger charge is -2.33. The molecule has 2 aromatic heterocycles. The zero-order chi connectivity index (χ0) is 20.9. The predicted octanol–water partition coefficient (Wildman–Crippen LogP) is 3.98. The highest BCUT2D eigenvalue weighted by molar-refractivity contribution is 6.31. The second-order valence-corrected chi connectivity index (χ2v) is 7.52. The maximum Gasteiger partial charge on any atom is 0.254 e. The zero-order valence-electron chi connectivity index (χ0n) is 16.7. The van der Waals surface area contributed by atoms with Crippen molar-refractivity contribution in [2.45, 2.75) is 12.5 Å². The van der Waals surface area contributed by atoms with E-state index < -0.39 is 0 Å². The molecule has 6 nitrogen and oxygen atoms in total. The Hall–Kier alpha value is -2.96. The minimum atomic E-state index is -0.264. The van der Waals surface area contributed by atoms with Gasteiger partial charge in [-0.1, -0.05) is 35.9 Å². The number of anilines is 1. The molecule has 1 fully saturated rings. The van der Waals surface area contributed by atoms with E-state index in [2.05, 4.69) is 10.3 Å². The number of carbonyl (C=O) groups excluding carboxylic acids is 1. The molecule has 4 rings (SSSR count). The van der Waals surface area contributed by atoms with Crippen molar-refractivity contribution in [1.82, 2.24) is 14.9 Å². The monoisotopic (exact) mass is 422 g/mol. The Morgan fingerprint density at radius 3 is 2.93 bits per heavy atom. The lowest BCUT2D eigenvalue weighted by Crippen LogP contribution is -2.42. The van der Waals surface area contributed by atoms with E-state index in [1.165, 1.54) is 0 Å². The van der Waals surface area contributed by atoms with Gasteiger partial charge in [-0.2, -0.15) is 0 Å². The average Bonchev–Trinajstić information content (AvgIpc) is 2.80. The van der Waals surface area contributed by atoms with Gasteiger partial charge in [-0.05, 0) is 35.9 Å². The Bertz CT molecular complexity index is 1040. The molecule has 1 atom stereocenters. The Morgan fingerprint density at radius 1 is 1.23 bits per heavy atom. The van der Waals surface area contributed by atoms with Crippen LogP contribution in [-0.2, 0) is 11.2 Å². The first kappa shape index (κ1) is 20.3. The maximum absolute atomic E-state index is 13.0. The summed E-state index contributed by atoms with van der Waals surface area (Å²) < 4.78 is 5.95. The van der Waals surface area contributed by atoms with Crippen molar-refractivity contribution < 1.29 is 9.53 Å². The van der Waals surface area contributed by atoms with Crippen molar-refractivity contribution in [3.8, 4) is 0 Å². The first-order valence-electron chi connectivity index (χ1n) is 9.88. The Labute approximate surface area is 180 Å². The molecule has 3 heterocycles. The van der Waals surface area contributed by atoms with Gasteiger partial charge in [-0.15, -0.1) is 0 Å². The summed E-state index contributed by atoms with van der Waals surface area (Å²) in [5.41, 5.74) is 3.38. The second-order valence-electron chi connectivity index (χ2n) is 7.11. The van der Waals surface area contributed by atoms with Crippen LogP contribution in [0.4, 0.5) is 5.82 Å². The van der Waals surface area contributed by atoms with Gasteiger partial charge in [0.1, 0.15) is 11.9 Å². The molecule has 0 unspecified atom stereocenters. The molecule has 0 bridgehead atoms. The molecule has 1 saturated heterocycles. The standard InChI is InChI=1S/C23H23ClN4O2/c1-25-22-14-17(9-10-26-22)23(29)28-11-12-30-21(15-28)20-8-4-6-18(27-20)13-16-5-2-3-7-19(16)24/h2-10,14,21H,11-13,15H2,1H3,(H,25,26)/t21-/m0/s1. The summed E-state index contributed by atoms with van der Waals surface area (Å²) in [6.07, 6.45) is 2.02. The smallest absolute Gasteiger partial charge is 0.254 e. The van der Waals surface area contributed by atoms with Crippen LogP contribution in [0.3, 0.4) is 0 Å². The number of nitrogens with zero attached hydrogens (tertiary/aromatic N) is 3. The van der Waals surface area contributed by atoms with Crippen LogP contribution in [0.25, 0.3) is 0 Å². The normalized spacial score (nSPS) is 16.3. The number of benzene rings is 1. The van der Waals surface area contributed by atoms with E-state index >= 15 is 0 Å². The van der Waals surface area contributed by atoms with Gasteiger partial charge in [0, 0.05) is 42.5 Å². The summed E-state index contributed by atoms with van der Waals surface area (Å²) in [6, 6.07) is 17.2. The Morgan fingerprint density at radius 2 is 2.10 bits per heavy atom. The quantitative estimate of drug-likeness (QED) is 0.673. The van der Waals surface area contributed by atoms with Crippen LogP contribution in [0, 0.1) is 0 Å². The molecule has 1 amide bonds. The molecule has 1 aromatic carbocycles. The lowest BCUT2D eigenvalue weighted by atomic mass is 10.1. The van der Waals surface area contributed by atoms with Crippen LogP contribution in [-0.4, -0.2) is 47.5 Å². The lowest BCUT2D eigenvalue weighted by molar-refractivity contribution is -0.0247. The summed E-state index contributed by atoms with van der Waals surface area (Å²) in [5.74, 6) is 0.633. The first-order valence-corrected chi connectivity index (χ1v) is 10.3. The fourth-order valence-electron chi connectivity index (χ4n) is 3.51. The van der Waals surface area contributed by atoms with Crippen molar-refractivity contribution >= 4 is 23.3 Å². The van der Waals surface area contributed by atoms with Crippen LogP contribution in [0.2, 0.25) is 5.02 Å². The number of rotatable bonds is 5. The fraction of sp³-hybridized carbons (Fsp3) is 0.261. The largest absolute Gasteiger partial charge is 0.373 e. The third kappa shape index (κ3) is 4.61. The highest BCUT2D eigenvalue weighted by Gasteiger charge is 2.27. The highest BCUT2D eigenvalue weighted by Crippen LogP contribution is 2.24. The van der Waals surface area contributed by atoms with Gasteiger partial charge in [0.25, 0.3) is 5.91 Å². The minimum Gasteiger partial charge on any atom is -0.373 e. The number of pyridine rings is 2. The number of amides is 1. The van der Waals surface area contributed by atoms with Crippen LogP contribution >= 0.6 is 11.6 Å². The van der Waals surface area contributed by atoms with Crippen molar-refractivity contribution in [2.75, 3.05) is 32.1 Å². The van der Waals surface area contributed by atoms with Gasteiger partial charge in [0.15, 0.2) is 0 Å². The number of aromatic nitrogens is 2. The molecule has 0 spiro atoms. The summed E-state index contributed by atoms with van der Waals surface area (Å²) in [6.45, 7) is 1.47. The number of hydrogen-bond donors (Lipinski definition) is 1. The summed E-state index contributed by atoms with van der Waals surface area (Å²) in [7, 11) is 1.78. The molecule has 1 aliphatic rings. The molecule has 0 saturated carbocycles. The molecule has 1 aliphatic heterocycles. The van der Waals surface area contributed by atoms with Crippen LogP contribution in [0.1, 0.15) is 33.4 Å². The SMILES string of the molecule is CNc1cc(C(=O)N2CCO[C@H](c3cccc(Cc4ccccc4Cl)n3)C2)ccn1.